The lowest BCUT2D eigenvalue weighted by Crippen LogP contribution is -2.55. The van der Waals surface area contributed by atoms with E-state index >= 15 is 0 Å². The van der Waals surface area contributed by atoms with Crippen LogP contribution in [0.25, 0.3) is 0 Å². The fourth-order valence-corrected chi connectivity index (χ4v) is 4.67. The molecule has 0 amide bonds. The second-order valence-electron chi connectivity index (χ2n) is 6.85. The summed E-state index contributed by atoms with van der Waals surface area (Å²) in [5.74, 6) is 2.42. The van der Waals surface area contributed by atoms with Crippen LogP contribution in [-0.2, 0) is 4.74 Å². The van der Waals surface area contributed by atoms with Crippen molar-refractivity contribution >= 4 is 5.82 Å². The van der Waals surface area contributed by atoms with E-state index < -0.39 is 0 Å². The molecule has 0 radical (unpaired) electrons. The van der Waals surface area contributed by atoms with Gasteiger partial charge >= 0.3 is 0 Å². The van der Waals surface area contributed by atoms with Gasteiger partial charge in [0.15, 0.2) is 0 Å². The number of morpholine rings is 1. The lowest BCUT2D eigenvalue weighted by molar-refractivity contribution is -0.0911. The van der Waals surface area contributed by atoms with Crippen LogP contribution in [0.2, 0.25) is 0 Å². The highest BCUT2D eigenvalue weighted by atomic mass is 16.5. The lowest BCUT2D eigenvalue weighted by Gasteiger charge is -2.46. The Balaban J connectivity index is 1.65. The molecule has 1 aliphatic heterocycles. The van der Waals surface area contributed by atoms with Crippen LogP contribution in [0.5, 0.6) is 0 Å². The molecule has 1 spiro atoms. The highest BCUT2D eigenvalue weighted by Gasteiger charge is 2.54. The first kappa shape index (κ1) is 13.1. The second kappa shape index (κ2) is 4.71. The van der Waals surface area contributed by atoms with Crippen molar-refractivity contribution in [3.8, 4) is 6.07 Å². The van der Waals surface area contributed by atoms with Gasteiger partial charge in [-0.05, 0) is 56.1 Å². The normalized spacial score (nSPS) is 34.4. The Bertz CT molecular complexity index is 609. The van der Waals surface area contributed by atoms with E-state index in [9.17, 15) is 5.26 Å². The summed E-state index contributed by atoms with van der Waals surface area (Å²) in [7, 11) is 0. The van der Waals surface area contributed by atoms with Crippen LogP contribution in [0.3, 0.4) is 0 Å². The zero-order valence-electron chi connectivity index (χ0n) is 12.5. The second-order valence-corrected chi connectivity index (χ2v) is 6.85. The van der Waals surface area contributed by atoms with Gasteiger partial charge in [-0.3, -0.25) is 0 Å². The van der Waals surface area contributed by atoms with Crippen molar-refractivity contribution in [1.29, 1.82) is 5.26 Å². The van der Waals surface area contributed by atoms with Gasteiger partial charge in [-0.25, -0.2) is 4.98 Å². The number of nitriles is 1. The number of fused-ring (bicyclic) bond motifs is 3. The van der Waals surface area contributed by atoms with E-state index in [1.54, 1.807) is 0 Å². The molecule has 110 valence electrons. The first-order chi connectivity index (χ1) is 10.2. The van der Waals surface area contributed by atoms with Crippen LogP contribution >= 0.6 is 0 Å². The number of hydrogen-bond donors (Lipinski definition) is 0. The molecule has 2 bridgehead atoms. The summed E-state index contributed by atoms with van der Waals surface area (Å²) in [4.78, 5) is 6.79. The third kappa shape index (κ3) is 1.95. The maximum atomic E-state index is 9.44. The molecule has 4 rings (SSSR count). The molecule has 0 N–H and O–H groups in total. The molecule has 1 aromatic rings. The van der Waals surface area contributed by atoms with E-state index in [2.05, 4.69) is 16.0 Å². The molecule has 1 saturated heterocycles. The third-order valence-electron chi connectivity index (χ3n) is 5.68. The number of aromatic nitrogens is 1. The zero-order chi connectivity index (χ0) is 14.4. The predicted octanol–water partition coefficient (Wildman–Crippen LogP) is 2.66. The van der Waals surface area contributed by atoms with Crippen molar-refractivity contribution in [1.82, 2.24) is 4.98 Å². The summed E-state index contributed by atoms with van der Waals surface area (Å²) in [6.45, 7) is 4.48. The summed E-state index contributed by atoms with van der Waals surface area (Å²) in [6, 6.07) is 4.24. The molecule has 3 fully saturated rings. The summed E-state index contributed by atoms with van der Waals surface area (Å²) < 4.78 is 6.26. The lowest BCUT2D eigenvalue weighted by atomic mass is 9.82. The van der Waals surface area contributed by atoms with Crippen LogP contribution in [0.15, 0.2) is 12.3 Å². The van der Waals surface area contributed by atoms with Crippen molar-refractivity contribution in [2.75, 3.05) is 24.6 Å². The Morgan fingerprint density at radius 1 is 1.48 bits per heavy atom. The van der Waals surface area contributed by atoms with Gasteiger partial charge in [-0.15, -0.1) is 0 Å². The Kier molecular flexibility index (Phi) is 2.93. The van der Waals surface area contributed by atoms with Crippen LogP contribution in [-0.4, -0.2) is 30.3 Å². The SMILES string of the molecule is Cc1ccnc(N2CCOC3(CC4CCC3C4)C2)c1C#N. The van der Waals surface area contributed by atoms with E-state index in [-0.39, 0.29) is 5.60 Å². The first-order valence-electron chi connectivity index (χ1n) is 7.96. The molecular formula is C17H21N3O. The van der Waals surface area contributed by atoms with Crippen LogP contribution in [0.4, 0.5) is 5.82 Å². The van der Waals surface area contributed by atoms with Crippen molar-refractivity contribution in [3.05, 3.63) is 23.4 Å². The topological polar surface area (TPSA) is 49.2 Å². The van der Waals surface area contributed by atoms with Gasteiger partial charge in [0, 0.05) is 19.3 Å². The Hall–Kier alpha value is -1.60. The fourth-order valence-electron chi connectivity index (χ4n) is 4.67. The zero-order valence-corrected chi connectivity index (χ0v) is 12.5. The molecule has 0 aromatic carbocycles. The molecule has 2 saturated carbocycles. The number of pyridine rings is 1. The monoisotopic (exact) mass is 283 g/mol. The van der Waals surface area contributed by atoms with Crippen molar-refractivity contribution < 1.29 is 4.74 Å². The molecular weight excluding hydrogens is 262 g/mol. The van der Waals surface area contributed by atoms with E-state index in [1.165, 1.54) is 25.7 Å². The van der Waals surface area contributed by atoms with Gasteiger partial charge in [-0.2, -0.15) is 5.26 Å². The smallest absolute Gasteiger partial charge is 0.146 e. The maximum absolute atomic E-state index is 9.44. The number of hydrogen-bond acceptors (Lipinski definition) is 4. The van der Waals surface area contributed by atoms with Gasteiger partial charge in [0.2, 0.25) is 0 Å². The molecule has 3 unspecified atom stereocenters. The van der Waals surface area contributed by atoms with Gasteiger partial charge in [0.25, 0.3) is 0 Å². The third-order valence-corrected chi connectivity index (χ3v) is 5.68. The Morgan fingerprint density at radius 3 is 3.10 bits per heavy atom. The quantitative estimate of drug-likeness (QED) is 0.795. The minimum Gasteiger partial charge on any atom is -0.371 e. The van der Waals surface area contributed by atoms with Gasteiger partial charge < -0.3 is 9.64 Å². The molecule has 1 aromatic heterocycles. The van der Waals surface area contributed by atoms with Gasteiger partial charge in [0.1, 0.15) is 11.9 Å². The maximum Gasteiger partial charge on any atom is 0.146 e. The fraction of sp³-hybridized carbons (Fsp3) is 0.647. The molecule has 4 nitrogen and oxygen atoms in total. The van der Waals surface area contributed by atoms with Crippen molar-refractivity contribution in [3.63, 3.8) is 0 Å². The minimum absolute atomic E-state index is 0.0271. The largest absolute Gasteiger partial charge is 0.371 e. The van der Waals surface area contributed by atoms with Crippen LogP contribution in [0.1, 0.15) is 36.8 Å². The van der Waals surface area contributed by atoms with Gasteiger partial charge in [0.05, 0.1) is 17.8 Å². The number of rotatable bonds is 1. The van der Waals surface area contributed by atoms with Crippen LogP contribution < -0.4 is 4.90 Å². The van der Waals surface area contributed by atoms with Crippen LogP contribution in [0, 0.1) is 30.1 Å². The highest BCUT2D eigenvalue weighted by molar-refractivity contribution is 5.57. The molecule has 3 atom stereocenters. The predicted molar refractivity (Wildman–Crippen MR) is 80.0 cm³/mol. The molecule has 2 heterocycles. The molecule has 3 aliphatic rings. The first-order valence-corrected chi connectivity index (χ1v) is 7.96. The average Bonchev–Trinajstić information content (AvgIpc) is 3.08. The number of nitrogens with zero attached hydrogens (tertiary/aromatic N) is 3. The molecule has 2 aliphatic carbocycles. The molecule has 21 heavy (non-hydrogen) atoms. The Morgan fingerprint density at radius 2 is 2.38 bits per heavy atom. The summed E-state index contributed by atoms with van der Waals surface area (Å²) in [6.07, 6.45) is 7.03. The molecule has 4 heteroatoms. The Labute approximate surface area is 125 Å². The summed E-state index contributed by atoms with van der Waals surface area (Å²) in [5.41, 5.74) is 1.76. The summed E-state index contributed by atoms with van der Waals surface area (Å²) in [5, 5.41) is 9.44. The van der Waals surface area contributed by atoms with Crippen molar-refractivity contribution in [2.45, 2.75) is 38.2 Å². The highest BCUT2D eigenvalue weighted by Crippen LogP contribution is 2.53. The number of ether oxygens (including phenoxy) is 1. The minimum atomic E-state index is 0.0271. The summed E-state index contributed by atoms with van der Waals surface area (Å²) >= 11 is 0. The standard InChI is InChI=1S/C17H21N3O/c1-12-4-5-19-16(15(12)10-18)20-6-7-21-17(11-20)9-13-2-3-14(17)8-13/h4-5,13-14H,2-3,6-9,11H2,1H3. The average molecular weight is 283 g/mol. The van der Waals surface area contributed by atoms with Gasteiger partial charge in [-0.1, -0.05) is 0 Å². The number of anilines is 1. The van der Waals surface area contributed by atoms with Crippen molar-refractivity contribution in [2.24, 2.45) is 11.8 Å². The van der Waals surface area contributed by atoms with E-state index in [1.807, 2.05) is 19.2 Å². The van der Waals surface area contributed by atoms with E-state index in [0.29, 0.717) is 5.92 Å². The van der Waals surface area contributed by atoms with E-state index in [0.717, 1.165) is 42.6 Å². The number of aryl methyl sites for hydroxylation is 1. The van der Waals surface area contributed by atoms with E-state index in [4.69, 9.17) is 4.74 Å².